The number of benzene rings is 2. The molecular formula is C19H21N3O3. The maximum atomic E-state index is 12.2. The lowest BCUT2D eigenvalue weighted by molar-refractivity contribution is -0.115. The predicted molar refractivity (Wildman–Crippen MR) is 99.0 cm³/mol. The van der Waals surface area contributed by atoms with Crippen molar-refractivity contribution in [2.45, 2.75) is 20.8 Å². The zero-order valence-electron chi connectivity index (χ0n) is 14.5. The average Bonchev–Trinajstić information content (AvgIpc) is 2.55. The van der Waals surface area contributed by atoms with Crippen molar-refractivity contribution in [3.05, 3.63) is 53.6 Å². The van der Waals surface area contributed by atoms with E-state index in [2.05, 4.69) is 16.0 Å². The molecule has 0 saturated heterocycles. The Morgan fingerprint density at radius 3 is 2.16 bits per heavy atom. The lowest BCUT2D eigenvalue weighted by atomic mass is 10.1. The summed E-state index contributed by atoms with van der Waals surface area (Å²) < 4.78 is 0. The first-order valence-corrected chi connectivity index (χ1v) is 7.89. The number of amides is 2. The molecule has 25 heavy (non-hydrogen) atoms. The number of Topliss-reactive ketones (excluding diaryl/α,β-unsaturated/α-hetero) is 1. The molecule has 0 atom stereocenters. The molecule has 3 N–H and O–H groups in total. The molecule has 6 nitrogen and oxygen atoms in total. The minimum absolute atomic E-state index is 0.0383. The molecule has 0 aliphatic rings. The second-order valence-corrected chi connectivity index (χ2v) is 5.66. The molecule has 130 valence electrons. The van der Waals surface area contributed by atoms with Gasteiger partial charge in [-0.25, -0.2) is 0 Å². The normalized spacial score (nSPS) is 10.0. The van der Waals surface area contributed by atoms with Gasteiger partial charge in [-0.3, -0.25) is 14.4 Å². The largest absolute Gasteiger partial charge is 0.376 e. The van der Waals surface area contributed by atoms with Crippen molar-refractivity contribution in [1.82, 2.24) is 0 Å². The van der Waals surface area contributed by atoms with E-state index in [1.165, 1.54) is 13.8 Å². The number of rotatable bonds is 6. The highest BCUT2D eigenvalue weighted by molar-refractivity contribution is 6.04. The summed E-state index contributed by atoms with van der Waals surface area (Å²) in [5.74, 6) is -0.528. The number of carbonyl (C=O) groups excluding carboxylic acids is 3. The van der Waals surface area contributed by atoms with Crippen LogP contribution in [0.3, 0.4) is 0 Å². The fraction of sp³-hybridized carbons (Fsp3) is 0.211. The summed E-state index contributed by atoms with van der Waals surface area (Å²) in [6, 6.07) is 12.3. The van der Waals surface area contributed by atoms with Gasteiger partial charge in [0.1, 0.15) is 0 Å². The molecule has 0 aliphatic carbocycles. The summed E-state index contributed by atoms with van der Waals surface area (Å²) in [6.07, 6.45) is 0. The van der Waals surface area contributed by atoms with Gasteiger partial charge in [-0.15, -0.1) is 0 Å². The van der Waals surface area contributed by atoms with Crippen molar-refractivity contribution >= 4 is 34.7 Å². The summed E-state index contributed by atoms with van der Waals surface area (Å²) >= 11 is 0. The molecule has 0 aliphatic heterocycles. The van der Waals surface area contributed by atoms with Gasteiger partial charge in [0.05, 0.1) is 12.2 Å². The number of hydrogen-bond acceptors (Lipinski definition) is 4. The zero-order chi connectivity index (χ0) is 18.4. The van der Waals surface area contributed by atoms with Crippen molar-refractivity contribution in [2.24, 2.45) is 0 Å². The number of nitrogens with one attached hydrogen (secondary N) is 3. The zero-order valence-corrected chi connectivity index (χ0v) is 14.5. The minimum Gasteiger partial charge on any atom is -0.376 e. The van der Waals surface area contributed by atoms with Gasteiger partial charge in [0.25, 0.3) is 0 Å². The van der Waals surface area contributed by atoms with E-state index in [0.717, 1.165) is 11.3 Å². The molecule has 0 saturated carbocycles. The lowest BCUT2D eigenvalue weighted by Gasteiger charge is -2.14. The van der Waals surface area contributed by atoms with Gasteiger partial charge in [-0.2, -0.15) is 0 Å². The molecule has 0 heterocycles. The first-order chi connectivity index (χ1) is 11.9. The number of carbonyl (C=O) groups is 3. The Morgan fingerprint density at radius 1 is 0.840 bits per heavy atom. The molecule has 0 radical (unpaired) electrons. The van der Waals surface area contributed by atoms with Crippen molar-refractivity contribution in [3.8, 4) is 0 Å². The third-order valence-electron chi connectivity index (χ3n) is 3.66. The molecule has 0 spiro atoms. The minimum atomic E-state index is -0.266. The highest BCUT2D eigenvalue weighted by atomic mass is 16.2. The highest BCUT2D eigenvalue weighted by Gasteiger charge is 2.10. The van der Waals surface area contributed by atoms with Gasteiger partial charge in [-0.05, 0) is 43.7 Å². The van der Waals surface area contributed by atoms with E-state index in [0.29, 0.717) is 16.9 Å². The first kappa shape index (κ1) is 18.2. The smallest absolute Gasteiger partial charge is 0.243 e. The molecule has 0 fully saturated rings. The fourth-order valence-corrected chi connectivity index (χ4v) is 2.42. The van der Waals surface area contributed by atoms with Crippen molar-refractivity contribution in [3.63, 3.8) is 0 Å². The topological polar surface area (TPSA) is 87.3 Å². The van der Waals surface area contributed by atoms with Crippen LogP contribution >= 0.6 is 0 Å². The van der Waals surface area contributed by atoms with Gasteiger partial charge in [0.15, 0.2) is 5.78 Å². The Balaban J connectivity index is 2.04. The van der Waals surface area contributed by atoms with E-state index in [4.69, 9.17) is 0 Å². The molecule has 6 heteroatoms. The van der Waals surface area contributed by atoms with E-state index >= 15 is 0 Å². The quantitative estimate of drug-likeness (QED) is 0.705. The van der Waals surface area contributed by atoms with E-state index < -0.39 is 0 Å². The monoisotopic (exact) mass is 339 g/mol. The highest BCUT2D eigenvalue weighted by Crippen LogP contribution is 2.23. The number of hydrogen-bond donors (Lipinski definition) is 3. The molecule has 2 amide bonds. The second-order valence-electron chi connectivity index (χ2n) is 5.66. The van der Waals surface area contributed by atoms with E-state index in [1.807, 2.05) is 13.0 Å². The van der Waals surface area contributed by atoms with Gasteiger partial charge < -0.3 is 16.0 Å². The molecule has 0 unspecified atom stereocenters. The van der Waals surface area contributed by atoms with Crippen LogP contribution in [0.5, 0.6) is 0 Å². The molecule has 2 rings (SSSR count). The molecule has 2 aromatic carbocycles. The van der Waals surface area contributed by atoms with Crippen molar-refractivity contribution in [1.29, 1.82) is 0 Å². The van der Waals surface area contributed by atoms with Crippen LogP contribution in [0.1, 0.15) is 29.8 Å². The Morgan fingerprint density at radius 2 is 1.48 bits per heavy atom. The summed E-state index contributed by atoms with van der Waals surface area (Å²) in [5, 5.41) is 8.53. The summed E-state index contributed by atoms with van der Waals surface area (Å²) in [6.45, 7) is 4.80. The van der Waals surface area contributed by atoms with Crippen LogP contribution in [0.25, 0.3) is 0 Å². The summed E-state index contributed by atoms with van der Waals surface area (Å²) in [4.78, 5) is 35.0. The standard InChI is InChI=1S/C19H21N3O3/c1-12-16(9-6-10-17(12)21-14(3)24)20-11-19(25)22-18-8-5-4-7-15(18)13(2)23/h4-10,20H,11H2,1-3H3,(H,21,24)(H,22,25). The molecular weight excluding hydrogens is 318 g/mol. The molecule has 0 aromatic heterocycles. The number of para-hydroxylation sites is 1. The molecule has 2 aromatic rings. The maximum absolute atomic E-state index is 12.2. The van der Waals surface area contributed by atoms with Gasteiger partial charge in [0, 0.05) is 23.9 Å². The van der Waals surface area contributed by atoms with Crippen LogP contribution < -0.4 is 16.0 Å². The van der Waals surface area contributed by atoms with Gasteiger partial charge in [-0.1, -0.05) is 18.2 Å². The van der Waals surface area contributed by atoms with E-state index in [9.17, 15) is 14.4 Å². The van der Waals surface area contributed by atoms with E-state index in [-0.39, 0.29) is 24.1 Å². The summed E-state index contributed by atoms with van der Waals surface area (Å²) in [7, 11) is 0. The Hall–Kier alpha value is -3.15. The van der Waals surface area contributed by atoms with E-state index in [1.54, 1.807) is 36.4 Å². The lowest BCUT2D eigenvalue weighted by Crippen LogP contribution is -2.23. The SMILES string of the molecule is CC(=O)Nc1cccc(NCC(=O)Nc2ccccc2C(C)=O)c1C. The van der Waals surface area contributed by atoms with Crippen molar-refractivity contribution < 1.29 is 14.4 Å². The first-order valence-electron chi connectivity index (χ1n) is 7.89. The molecule has 0 bridgehead atoms. The fourth-order valence-electron chi connectivity index (χ4n) is 2.42. The number of anilines is 3. The van der Waals surface area contributed by atoms with Crippen LogP contribution in [0, 0.1) is 6.92 Å². The van der Waals surface area contributed by atoms with Crippen molar-refractivity contribution in [2.75, 3.05) is 22.5 Å². The maximum Gasteiger partial charge on any atom is 0.243 e. The van der Waals surface area contributed by atoms with Gasteiger partial charge >= 0.3 is 0 Å². The number of ketones is 1. The Kier molecular flexibility index (Phi) is 5.89. The third-order valence-corrected chi connectivity index (χ3v) is 3.66. The van der Waals surface area contributed by atoms with Crippen LogP contribution in [0.4, 0.5) is 17.1 Å². The average molecular weight is 339 g/mol. The van der Waals surface area contributed by atoms with Crippen LogP contribution in [0.2, 0.25) is 0 Å². The van der Waals surface area contributed by atoms with Gasteiger partial charge in [0.2, 0.25) is 11.8 Å². The Bertz CT molecular complexity index is 815. The Labute approximate surface area is 146 Å². The second kappa shape index (κ2) is 8.10. The van der Waals surface area contributed by atoms with Crippen LogP contribution in [-0.2, 0) is 9.59 Å². The summed E-state index contributed by atoms with van der Waals surface area (Å²) in [5.41, 5.74) is 3.25. The van der Waals surface area contributed by atoms with Crippen LogP contribution in [-0.4, -0.2) is 24.1 Å². The third kappa shape index (κ3) is 4.91. The predicted octanol–water partition coefficient (Wildman–Crippen LogP) is 3.21. The van der Waals surface area contributed by atoms with Crippen LogP contribution in [0.15, 0.2) is 42.5 Å².